The molecule has 0 saturated carbocycles. The normalized spacial score (nSPS) is 15.7. The molecule has 1 aromatic heterocycles. The number of carbonyl (C=O) groups excluding carboxylic acids is 1. The van der Waals surface area contributed by atoms with Crippen LogP contribution in [-0.4, -0.2) is 67.4 Å². The second-order valence-electron chi connectivity index (χ2n) is 14.4. The van der Waals surface area contributed by atoms with E-state index in [0.29, 0.717) is 48.5 Å². The number of hydrogen-bond donors (Lipinski definition) is 1. The summed E-state index contributed by atoms with van der Waals surface area (Å²) < 4.78 is 18.6. The fourth-order valence-corrected chi connectivity index (χ4v) is 6.58. The van der Waals surface area contributed by atoms with Gasteiger partial charge in [-0.15, -0.1) is 10.2 Å². The first-order valence-corrected chi connectivity index (χ1v) is 19.0. The molecule has 248 valence electrons. The molecule has 2 unspecified atom stereocenters. The van der Waals surface area contributed by atoms with E-state index in [1.54, 1.807) is 11.0 Å². The standard InChI is InChI=1S/C34H47ClN6O4Si/c1-22-27(16-13-25(21-36)28(22)35)37-29(23(2)45-46(9,10)34(6,7)8)31-39-38-30(43-31)24-11-14-26(15-12-24)40-17-19-41(20-18-40)32(42)44-33(3,4)5/h11-16,23,29,37H,17-20H2,1-10H3. The van der Waals surface area contributed by atoms with Crippen molar-refractivity contribution in [1.82, 2.24) is 15.1 Å². The van der Waals surface area contributed by atoms with Crippen LogP contribution in [0.15, 0.2) is 40.8 Å². The van der Waals surface area contributed by atoms with Gasteiger partial charge in [0.1, 0.15) is 17.7 Å². The molecule has 1 fully saturated rings. The highest BCUT2D eigenvalue weighted by Crippen LogP contribution is 2.40. The van der Waals surface area contributed by atoms with Gasteiger partial charge < -0.3 is 28.7 Å². The SMILES string of the molecule is Cc1c(NC(c2nnc(-c3ccc(N4CCN(C(=O)OC(C)(C)C)CC4)cc3)o2)C(C)O[Si](C)(C)C(C)(C)C)ccc(C#N)c1Cl. The van der Waals surface area contributed by atoms with Crippen LogP contribution in [0.3, 0.4) is 0 Å². The summed E-state index contributed by atoms with van der Waals surface area (Å²) >= 11 is 6.51. The van der Waals surface area contributed by atoms with Gasteiger partial charge in [-0.25, -0.2) is 4.79 Å². The van der Waals surface area contributed by atoms with Crippen molar-refractivity contribution in [2.45, 2.75) is 91.3 Å². The van der Waals surface area contributed by atoms with Gasteiger partial charge in [0.15, 0.2) is 8.32 Å². The number of rotatable bonds is 8. The topological polar surface area (TPSA) is 117 Å². The van der Waals surface area contributed by atoms with Gasteiger partial charge in [-0.3, -0.25) is 0 Å². The lowest BCUT2D eigenvalue weighted by Gasteiger charge is -2.40. The van der Waals surface area contributed by atoms with Crippen LogP contribution in [-0.2, 0) is 9.16 Å². The number of hydrogen-bond acceptors (Lipinski definition) is 9. The van der Waals surface area contributed by atoms with Crippen molar-refractivity contribution in [3.63, 3.8) is 0 Å². The molecule has 12 heteroatoms. The molecule has 46 heavy (non-hydrogen) atoms. The zero-order valence-electron chi connectivity index (χ0n) is 28.7. The van der Waals surface area contributed by atoms with Crippen molar-refractivity contribution in [1.29, 1.82) is 5.26 Å². The molecule has 0 bridgehead atoms. The van der Waals surface area contributed by atoms with Crippen LogP contribution in [0.4, 0.5) is 16.2 Å². The lowest BCUT2D eigenvalue weighted by molar-refractivity contribution is 0.0240. The Hall–Kier alpha value is -3.59. The molecule has 4 rings (SSSR count). The fourth-order valence-electron chi connectivity index (χ4n) is 4.95. The van der Waals surface area contributed by atoms with Crippen LogP contribution >= 0.6 is 11.6 Å². The Balaban J connectivity index is 1.53. The van der Waals surface area contributed by atoms with Gasteiger partial charge in [0, 0.05) is 43.1 Å². The van der Waals surface area contributed by atoms with E-state index in [0.717, 1.165) is 22.5 Å². The highest BCUT2D eigenvalue weighted by molar-refractivity contribution is 6.74. The maximum atomic E-state index is 12.5. The molecule has 0 aliphatic carbocycles. The number of carbonyl (C=O) groups is 1. The van der Waals surface area contributed by atoms with E-state index in [4.69, 9.17) is 25.2 Å². The summed E-state index contributed by atoms with van der Waals surface area (Å²) in [7, 11) is -2.15. The number of amides is 1. The summed E-state index contributed by atoms with van der Waals surface area (Å²) in [5.74, 6) is 0.792. The van der Waals surface area contributed by atoms with Crippen molar-refractivity contribution in [3.05, 3.63) is 58.4 Å². The van der Waals surface area contributed by atoms with Gasteiger partial charge in [0.05, 0.1) is 16.7 Å². The van der Waals surface area contributed by atoms with Crippen molar-refractivity contribution in [3.8, 4) is 17.5 Å². The second kappa shape index (κ2) is 13.6. The third-order valence-corrected chi connectivity index (χ3v) is 13.8. The van der Waals surface area contributed by atoms with Crippen LogP contribution in [0.5, 0.6) is 0 Å². The number of benzene rings is 2. The number of nitrogens with one attached hydrogen (secondary N) is 1. The summed E-state index contributed by atoms with van der Waals surface area (Å²) in [6.07, 6.45) is -0.589. The maximum Gasteiger partial charge on any atom is 0.410 e. The van der Waals surface area contributed by atoms with E-state index in [-0.39, 0.29) is 17.2 Å². The highest BCUT2D eigenvalue weighted by Gasteiger charge is 2.41. The summed E-state index contributed by atoms with van der Waals surface area (Å²) in [6.45, 7) is 23.2. The Kier molecular flexibility index (Phi) is 10.5. The first kappa shape index (κ1) is 35.3. The Morgan fingerprint density at radius 2 is 1.67 bits per heavy atom. The van der Waals surface area contributed by atoms with E-state index < -0.39 is 20.0 Å². The predicted octanol–water partition coefficient (Wildman–Crippen LogP) is 8.19. The van der Waals surface area contributed by atoms with Crippen LogP contribution in [0.25, 0.3) is 11.5 Å². The number of halogens is 1. The minimum atomic E-state index is -2.15. The largest absolute Gasteiger partial charge is 0.444 e. The van der Waals surface area contributed by atoms with E-state index in [1.165, 1.54) is 0 Å². The second-order valence-corrected chi connectivity index (χ2v) is 19.5. The van der Waals surface area contributed by atoms with E-state index in [9.17, 15) is 10.1 Å². The molecule has 0 spiro atoms. The number of piperazine rings is 1. The predicted molar refractivity (Wildman–Crippen MR) is 185 cm³/mol. The molecule has 3 aromatic rings. The Morgan fingerprint density at radius 3 is 2.24 bits per heavy atom. The summed E-state index contributed by atoms with van der Waals surface area (Å²) in [5.41, 5.74) is 3.27. The molecule has 1 saturated heterocycles. The first-order valence-electron chi connectivity index (χ1n) is 15.7. The highest BCUT2D eigenvalue weighted by atomic mass is 35.5. The Bertz CT molecular complexity index is 1560. The average molecular weight is 667 g/mol. The van der Waals surface area contributed by atoms with Gasteiger partial charge in [-0.2, -0.15) is 5.26 Å². The van der Waals surface area contributed by atoms with Crippen LogP contribution in [0.2, 0.25) is 23.2 Å². The average Bonchev–Trinajstić information content (AvgIpc) is 3.46. The molecule has 1 aliphatic rings. The zero-order chi connectivity index (χ0) is 34.0. The minimum absolute atomic E-state index is 0.00357. The molecule has 0 radical (unpaired) electrons. The Morgan fingerprint density at radius 1 is 1.04 bits per heavy atom. The molecule has 2 atom stereocenters. The van der Waals surface area contributed by atoms with Gasteiger partial charge in [0.2, 0.25) is 11.8 Å². The molecule has 1 amide bonds. The third-order valence-electron chi connectivity index (χ3n) is 8.69. The first-order chi connectivity index (χ1) is 21.4. The monoisotopic (exact) mass is 666 g/mol. The van der Waals surface area contributed by atoms with Crippen molar-refractivity contribution < 1.29 is 18.4 Å². The molecule has 2 heterocycles. The molecular weight excluding hydrogens is 620 g/mol. The molecule has 10 nitrogen and oxygen atoms in total. The molecule has 1 aliphatic heterocycles. The fraction of sp³-hybridized carbons (Fsp3) is 0.529. The molecule has 1 N–H and O–H groups in total. The van der Waals surface area contributed by atoms with E-state index in [2.05, 4.69) is 60.3 Å². The summed E-state index contributed by atoms with van der Waals surface area (Å²) in [5, 5.41) is 22.2. The minimum Gasteiger partial charge on any atom is -0.444 e. The summed E-state index contributed by atoms with van der Waals surface area (Å²) in [6, 6.07) is 13.2. The van der Waals surface area contributed by atoms with Crippen molar-refractivity contribution in [2.24, 2.45) is 0 Å². The third kappa shape index (κ3) is 8.21. The van der Waals surface area contributed by atoms with Crippen molar-refractivity contribution >= 4 is 37.4 Å². The molecule has 2 aromatic carbocycles. The van der Waals surface area contributed by atoms with Gasteiger partial charge in [0.25, 0.3) is 0 Å². The van der Waals surface area contributed by atoms with Crippen molar-refractivity contribution in [2.75, 3.05) is 36.4 Å². The van der Waals surface area contributed by atoms with Gasteiger partial charge >= 0.3 is 6.09 Å². The number of nitrogens with zero attached hydrogens (tertiary/aromatic N) is 5. The number of ether oxygens (including phenoxy) is 1. The van der Waals surface area contributed by atoms with E-state index in [1.807, 2.05) is 65.0 Å². The quantitative estimate of drug-likeness (QED) is 0.237. The van der Waals surface area contributed by atoms with Gasteiger partial charge in [-0.1, -0.05) is 32.4 Å². The number of anilines is 2. The van der Waals surface area contributed by atoms with E-state index >= 15 is 0 Å². The van der Waals surface area contributed by atoms with Crippen LogP contribution < -0.4 is 10.2 Å². The Labute approximate surface area is 279 Å². The van der Waals surface area contributed by atoms with Gasteiger partial charge in [-0.05, 0) is 94.7 Å². The summed E-state index contributed by atoms with van der Waals surface area (Å²) in [4.78, 5) is 16.5. The van der Waals surface area contributed by atoms with Crippen LogP contribution in [0.1, 0.15) is 71.5 Å². The lowest BCUT2D eigenvalue weighted by Crippen LogP contribution is -2.50. The lowest BCUT2D eigenvalue weighted by atomic mass is 10.1. The number of nitriles is 1. The maximum absolute atomic E-state index is 12.5. The zero-order valence-corrected chi connectivity index (χ0v) is 30.5. The number of aromatic nitrogens is 2. The smallest absolute Gasteiger partial charge is 0.410 e. The molecular formula is C34H47ClN6O4Si. The van der Waals surface area contributed by atoms with Crippen LogP contribution in [0, 0.1) is 18.3 Å².